The molecule has 1 rings (SSSR count). The van der Waals surface area contributed by atoms with Crippen LogP contribution in [0.25, 0.3) is 0 Å². The van der Waals surface area contributed by atoms with Gasteiger partial charge in [-0.05, 0) is 24.3 Å². The van der Waals surface area contributed by atoms with Gasteiger partial charge >= 0.3 is 0 Å². The summed E-state index contributed by atoms with van der Waals surface area (Å²) in [7, 11) is -3.20. The van der Waals surface area contributed by atoms with Crippen LogP contribution >= 0.6 is 0 Å². The van der Waals surface area contributed by atoms with Crippen LogP contribution in [0.5, 0.6) is 0 Å². The quantitative estimate of drug-likeness (QED) is 0.591. The highest BCUT2D eigenvalue weighted by atomic mass is 32.2. The standard InChI is InChI=1S/C12H16N2O3S/c1-3-8-13-9-12(15)14-10-4-6-11(7-5-10)18(2,16)17/h3-7,13H,1,8-9H2,2H3,(H,14,15). The molecule has 0 unspecified atom stereocenters. The molecule has 1 aromatic carbocycles. The Labute approximate surface area is 107 Å². The summed E-state index contributed by atoms with van der Waals surface area (Å²) < 4.78 is 22.5. The normalized spacial score (nSPS) is 10.9. The van der Waals surface area contributed by atoms with Gasteiger partial charge in [0.1, 0.15) is 0 Å². The van der Waals surface area contributed by atoms with Gasteiger partial charge in [0.15, 0.2) is 9.84 Å². The molecule has 2 N–H and O–H groups in total. The van der Waals surface area contributed by atoms with Gasteiger partial charge in [-0.3, -0.25) is 4.79 Å². The Kier molecular flexibility index (Phi) is 5.06. The van der Waals surface area contributed by atoms with E-state index in [0.717, 1.165) is 6.26 Å². The minimum Gasteiger partial charge on any atom is -0.325 e. The van der Waals surface area contributed by atoms with Gasteiger partial charge in [0.25, 0.3) is 0 Å². The van der Waals surface area contributed by atoms with Crippen molar-refractivity contribution in [1.82, 2.24) is 5.32 Å². The number of nitrogens with one attached hydrogen (secondary N) is 2. The summed E-state index contributed by atoms with van der Waals surface area (Å²) in [4.78, 5) is 11.7. The molecule has 0 aliphatic carbocycles. The SMILES string of the molecule is C=CCNCC(=O)Nc1ccc(S(C)(=O)=O)cc1. The summed E-state index contributed by atoms with van der Waals surface area (Å²) in [6.45, 7) is 4.26. The van der Waals surface area contributed by atoms with Gasteiger partial charge in [0.05, 0.1) is 11.4 Å². The van der Waals surface area contributed by atoms with E-state index in [-0.39, 0.29) is 17.3 Å². The second kappa shape index (κ2) is 6.32. The molecule has 0 saturated heterocycles. The molecule has 0 spiro atoms. The maximum atomic E-state index is 11.4. The molecule has 0 saturated carbocycles. The topological polar surface area (TPSA) is 75.3 Å². The van der Waals surface area contributed by atoms with Crippen molar-refractivity contribution in [2.24, 2.45) is 0 Å². The Balaban J connectivity index is 2.59. The molecule has 1 aromatic rings. The molecule has 18 heavy (non-hydrogen) atoms. The molecule has 0 radical (unpaired) electrons. The fourth-order valence-electron chi connectivity index (χ4n) is 1.28. The number of rotatable bonds is 6. The molecule has 6 heteroatoms. The highest BCUT2D eigenvalue weighted by Crippen LogP contribution is 2.13. The maximum absolute atomic E-state index is 11.4. The number of benzene rings is 1. The van der Waals surface area contributed by atoms with Crippen molar-refractivity contribution in [3.05, 3.63) is 36.9 Å². The van der Waals surface area contributed by atoms with Gasteiger partial charge in [-0.1, -0.05) is 6.08 Å². The van der Waals surface area contributed by atoms with Gasteiger partial charge in [0.2, 0.25) is 5.91 Å². The van der Waals surface area contributed by atoms with Gasteiger partial charge < -0.3 is 10.6 Å². The van der Waals surface area contributed by atoms with Crippen LogP contribution in [0.15, 0.2) is 41.8 Å². The molecule has 0 bridgehead atoms. The van der Waals surface area contributed by atoms with Gasteiger partial charge in [-0.25, -0.2) is 8.42 Å². The van der Waals surface area contributed by atoms with E-state index in [1.54, 1.807) is 18.2 Å². The fourth-order valence-corrected chi connectivity index (χ4v) is 1.91. The van der Waals surface area contributed by atoms with Crippen molar-refractivity contribution in [3.8, 4) is 0 Å². The molecule has 0 aliphatic heterocycles. The first-order valence-electron chi connectivity index (χ1n) is 5.35. The third kappa shape index (κ3) is 4.68. The number of carbonyl (C=O) groups is 1. The first kappa shape index (κ1) is 14.4. The molecular formula is C12H16N2O3S. The van der Waals surface area contributed by atoms with Crippen LogP contribution in [0.2, 0.25) is 0 Å². The Morgan fingerprint density at radius 2 is 1.94 bits per heavy atom. The monoisotopic (exact) mass is 268 g/mol. The van der Waals surface area contributed by atoms with E-state index in [9.17, 15) is 13.2 Å². The minimum atomic E-state index is -3.20. The predicted molar refractivity (Wildman–Crippen MR) is 71.2 cm³/mol. The largest absolute Gasteiger partial charge is 0.325 e. The van der Waals surface area contributed by atoms with E-state index >= 15 is 0 Å². The highest BCUT2D eigenvalue weighted by Gasteiger charge is 2.07. The van der Waals surface area contributed by atoms with Crippen molar-refractivity contribution < 1.29 is 13.2 Å². The molecule has 0 aliphatic rings. The molecule has 0 atom stereocenters. The average Bonchev–Trinajstić information content (AvgIpc) is 2.29. The first-order chi connectivity index (χ1) is 8.43. The Morgan fingerprint density at radius 1 is 1.33 bits per heavy atom. The molecule has 0 fully saturated rings. The lowest BCUT2D eigenvalue weighted by Crippen LogP contribution is -2.28. The molecule has 0 heterocycles. The fraction of sp³-hybridized carbons (Fsp3) is 0.250. The van der Waals surface area contributed by atoms with Crippen molar-refractivity contribution >= 4 is 21.4 Å². The van der Waals surface area contributed by atoms with Crippen LogP contribution in [0, 0.1) is 0 Å². The third-order valence-electron chi connectivity index (χ3n) is 2.14. The van der Waals surface area contributed by atoms with Crippen molar-refractivity contribution in [3.63, 3.8) is 0 Å². The molecular weight excluding hydrogens is 252 g/mol. The van der Waals surface area contributed by atoms with E-state index in [0.29, 0.717) is 12.2 Å². The molecule has 1 amide bonds. The zero-order valence-electron chi connectivity index (χ0n) is 10.1. The zero-order chi connectivity index (χ0) is 13.6. The van der Waals surface area contributed by atoms with E-state index in [2.05, 4.69) is 17.2 Å². The summed E-state index contributed by atoms with van der Waals surface area (Å²) in [5.41, 5.74) is 0.563. The lowest BCUT2D eigenvalue weighted by molar-refractivity contribution is -0.115. The van der Waals surface area contributed by atoms with Crippen molar-refractivity contribution in [1.29, 1.82) is 0 Å². The number of hydrogen-bond acceptors (Lipinski definition) is 4. The van der Waals surface area contributed by atoms with E-state index in [1.807, 2.05) is 0 Å². The Bertz CT molecular complexity index is 521. The van der Waals surface area contributed by atoms with Crippen LogP contribution in [-0.4, -0.2) is 33.7 Å². The van der Waals surface area contributed by atoms with Gasteiger partial charge in [0, 0.05) is 18.5 Å². The van der Waals surface area contributed by atoms with Crippen molar-refractivity contribution in [2.75, 3.05) is 24.7 Å². The number of amides is 1. The van der Waals surface area contributed by atoms with E-state index < -0.39 is 9.84 Å². The van der Waals surface area contributed by atoms with Crippen LogP contribution in [0.3, 0.4) is 0 Å². The predicted octanol–water partition coefficient (Wildman–Crippen LogP) is 0.804. The minimum absolute atomic E-state index is 0.180. The summed E-state index contributed by atoms with van der Waals surface area (Å²) in [6, 6.07) is 6.04. The van der Waals surface area contributed by atoms with Crippen molar-refractivity contribution in [2.45, 2.75) is 4.90 Å². The van der Waals surface area contributed by atoms with Crippen LogP contribution in [0.4, 0.5) is 5.69 Å². The Morgan fingerprint density at radius 3 is 2.44 bits per heavy atom. The smallest absolute Gasteiger partial charge is 0.238 e. The zero-order valence-corrected chi connectivity index (χ0v) is 11.0. The number of anilines is 1. The maximum Gasteiger partial charge on any atom is 0.238 e. The number of hydrogen-bond donors (Lipinski definition) is 2. The molecule has 5 nitrogen and oxygen atoms in total. The molecule has 0 aromatic heterocycles. The highest BCUT2D eigenvalue weighted by molar-refractivity contribution is 7.90. The van der Waals surface area contributed by atoms with E-state index in [4.69, 9.17) is 0 Å². The Hall–Kier alpha value is -1.66. The summed E-state index contributed by atoms with van der Waals surface area (Å²) in [6.07, 6.45) is 2.80. The van der Waals surface area contributed by atoms with E-state index in [1.165, 1.54) is 12.1 Å². The number of sulfone groups is 1. The average molecular weight is 268 g/mol. The van der Waals surface area contributed by atoms with Gasteiger partial charge in [-0.2, -0.15) is 0 Å². The van der Waals surface area contributed by atoms with Crippen LogP contribution in [0.1, 0.15) is 0 Å². The summed E-state index contributed by atoms with van der Waals surface area (Å²) in [5.74, 6) is -0.191. The first-order valence-corrected chi connectivity index (χ1v) is 7.24. The van der Waals surface area contributed by atoms with Gasteiger partial charge in [-0.15, -0.1) is 6.58 Å². The lowest BCUT2D eigenvalue weighted by Gasteiger charge is -2.06. The third-order valence-corrected chi connectivity index (χ3v) is 3.27. The second-order valence-electron chi connectivity index (χ2n) is 3.76. The summed E-state index contributed by atoms with van der Waals surface area (Å²) in [5, 5.41) is 5.51. The number of carbonyl (C=O) groups excluding carboxylic acids is 1. The molecule has 98 valence electrons. The van der Waals surface area contributed by atoms with Crippen LogP contribution in [-0.2, 0) is 14.6 Å². The lowest BCUT2D eigenvalue weighted by atomic mass is 10.3. The second-order valence-corrected chi connectivity index (χ2v) is 5.78. The summed E-state index contributed by atoms with van der Waals surface area (Å²) >= 11 is 0. The van der Waals surface area contributed by atoms with Crippen LogP contribution < -0.4 is 10.6 Å².